The van der Waals surface area contributed by atoms with Gasteiger partial charge in [0.05, 0.1) is 15.2 Å². The van der Waals surface area contributed by atoms with Crippen molar-refractivity contribution in [1.29, 1.82) is 0 Å². The Morgan fingerprint density at radius 3 is 3.08 bits per heavy atom. The van der Waals surface area contributed by atoms with Gasteiger partial charge in [-0.25, -0.2) is 4.98 Å². The topological polar surface area (TPSA) is 82.7 Å². The first-order chi connectivity index (χ1) is 11.6. The van der Waals surface area contributed by atoms with Crippen LogP contribution < -0.4 is 10.6 Å². The van der Waals surface area contributed by atoms with Gasteiger partial charge < -0.3 is 10.6 Å². The minimum absolute atomic E-state index is 0.177. The molecule has 6 nitrogen and oxygen atoms in total. The van der Waals surface area contributed by atoms with Crippen molar-refractivity contribution in [3.63, 3.8) is 0 Å². The molecule has 124 valence electrons. The molecule has 2 aromatic heterocycles. The summed E-state index contributed by atoms with van der Waals surface area (Å²) in [5.74, 6) is 0.229. The van der Waals surface area contributed by atoms with Crippen LogP contribution in [-0.4, -0.2) is 27.6 Å². The van der Waals surface area contributed by atoms with E-state index >= 15 is 0 Å². The Hall–Kier alpha value is -2.25. The average molecular weight is 341 g/mol. The number of anilines is 1. The third-order valence-electron chi connectivity index (χ3n) is 4.18. The lowest BCUT2D eigenvalue weighted by atomic mass is 10.1. The summed E-state index contributed by atoms with van der Waals surface area (Å²) in [6, 6.07) is 5.82. The van der Waals surface area contributed by atoms with Gasteiger partial charge in [-0.3, -0.25) is 9.89 Å². The van der Waals surface area contributed by atoms with Crippen LogP contribution in [0.2, 0.25) is 0 Å². The Morgan fingerprint density at radius 2 is 2.25 bits per heavy atom. The van der Waals surface area contributed by atoms with E-state index in [1.807, 2.05) is 18.2 Å². The number of hydrogen-bond donors (Lipinski definition) is 3. The second kappa shape index (κ2) is 5.99. The zero-order valence-electron chi connectivity index (χ0n) is 13.6. The SMILES string of the molecule is CC(C)c1nc2ccc(NC(=O)c3n[nH]c4c3CNCC4)cc2s1. The van der Waals surface area contributed by atoms with E-state index in [0.717, 1.165) is 45.1 Å². The van der Waals surface area contributed by atoms with E-state index in [1.165, 1.54) is 0 Å². The maximum atomic E-state index is 12.6. The maximum Gasteiger partial charge on any atom is 0.276 e. The number of H-pyrrole nitrogens is 1. The number of amides is 1. The van der Waals surface area contributed by atoms with Gasteiger partial charge in [0, 0.05) is 42.4 Å². The van der Waals surface area contributed by atoms with Crippen LogP contribution in [0.4, 0.5) is 5.69 Å². The van der Waals surface area contributed by atoms with Crippen LogP contribution in [0.1, 0.15) is 46.5 Å². The van der Waals surface area contributed by atoms with Crippen molar-refractivity contribution < 1.29 is 4.79 Å². The molecule has 0 saturated carbocycles. The highest BCUT2D eigenvalue weighted by atomic mass is 32.1. The van der Waals surface area contributed by atoms with Crippen molar-refractivity contribution in [3.05, 3.63) is 40.2 Å². The Morgan fingerprint density at radius 1 is 1.38 bits per heavy atom. The highest BCUT2D eigenvalue weighted by molar-refractivity contribution is 7.18. The number of nitrogens with zero attached hydrogens (tertiary/aromatic N) is 2. The molecule has 7 heteroatoms. The molecule has 0 bridgehead atoms. The fraction of sp³-hybridized carbons (Fsp3) is 0.353. The molecule has 1 amide bonds. The summed E-state index contributed by atoms with van der Waals surface area (Å²) < 4.78 is 1.09. The second-order valence-corrected chi connectivity index (χ2v) is 7.36. The number of hydrogen-bond acceptors (Lipinski definition) is 5. The zero-order valence-corrected chi connectivity index (χ0v) is 14.5. The number of rotatable bonds is 3. The third kappa shape index (κ3) is 2.70. The molecular formula is C17H19N5OS. The molecule has 0 radical (unpaired) electrons. The van der Waals surface area contributed by atoms with Gasteiger partial charge in [-0.1, -0.05) is 13.8 Å². The van der Waals surface area contributed by atoms with E-state index < -0.39 is 0 Å². The van der Waals surface area contributed by atoms with Crippen LogP contribution in [0.5, 0.6) is 0 Å². The van der Waals surface area contributed by atoms with E-state index in [1.54, 1.807) is 11.3 Å². The number of carbonyl (C=O) groups is 1. The van der Waals surface area contributed by atoms with Gasteiger partial charge >= 0.3 is 0 Å². The largest absolute Gasteiger partial charge is 0.321 e. The summed E-state index contributed by atoms with van der Waals surface area (Å²) in [5, 5.41) is 14.5. The Kier molecular flexibility index (Phi) is 3.82. The normalized spacial score (nSPS) is 14.1. The molecule has 0 aliphatic carbocycles. The van der Waals surface area contributed by atoms with E-state index in [-0.39, 0.29) is 5.91 Å². The van der Waals surface area contributed by atoms with Crippen molar-refractivity contribution in [2.45, 2.75) is 32.7 Å². The molecule has 0 fully saturated rings. The molecule has 0 saturated heterocycles. The number of nitrogens with one attached hydrogen (secondary N) is 3. The Labute approximate surface area is 143 Å². The maximum absolute atomic E-state index is 12.6. The fourth-order valence-corrected chi connectivity index (χ4v) is 3.88. The van der Waals surface area contributed by atoms with Crippen LogP contribution in [-0.2, 0) is 13.0 Å². The number of fused-ring (bicyclic) bond motifs is 2. The fourth-order valence-electron chi connectivity index (χ4n) is 2.87. The average Bonchev–Trinajstić information content (AvgIpc) is 3.18. The molecule has 3 aromatic rings. The monoisotopic (exact) mass is 341 g/mol. The summed E-state index contributed by atoms with van der Waals surface area (Å²) in [6.45, 7) is 5.86. The number of thiazole rings is 1. The molecule has 24 heavy (non-hydrogen) atoms. The molecule has 3 heterocycles. The van der Waals surface area contributed by atoms with E-state index in [9.17, 15) is 4.79 Å². The van der Waals surface area contributed by atoms with Gasteiger partial charge in [0.25, 0.3) is 5.91 Å². The first-order valence-corrected chi connectivity index (χ1v) is 8.92. The molecule has 0 atom stereocenters. The molecule has 1 aliphatic heterocycles. The highest BCUT2D eigenvalue weighted by Gasteiger charge is 2.21. The predicted molar refractivity (Wildman–Crippen MR) is 95.7 cm³/mol. The van der Waals surface area contributed by atoms with E-state index in [4.69, 9.17) is 0 Å². The Balaban J connectivity index is 1.59. The molecular weight excluding hydrogens is 322 g/mol. The molecule has 0 spiro atoms. The summed E-state index contributed by atoms with van der Waals surface area (Å²) >= 11 is 1.67. The number of benzene rings is 1. The summed E-state index contributed by atoms with van der Waals surface area (Å²) in [4.78, 5) is 17.2. The number of aromatic amines is 1. The lowest BCUT2D eigenvalue weighted by molar-refractivity contribution is 0.102. The van der Waals surface area contributed by atoms with Crippen molar-refractivity contribution in [1.82, 2.24) is 20.5 Å². The van der Waals surface area contributed by atoms with E-state index in [2.05, 4.69) is 39.7 Å². The Bertz CT molecular complexity index is 911. The third-order valence-corrected chi connectivity index (χ3v) is 5.50. The van der Waals surface area contributed by atoms with Crippen molar-refractivity contribution in [3.8, 4) is 0 Å². The van der Waals surface area contributed by atoms with Crippen LogP contribution in [0.3, 0.4) is 0 Å². The van der Waals surface area contributed by atoms with Gasteiger partial charge in [-0.05, 0) is 18.2 Å². The van der Waals surface area contributed by atoms with Crippen molar-refractivity contribution >= 4 is 33.1 Å². The first-order valence-electron chi connectivity index (χ1n) is 8.10. The molecule has 1 aliphatic rings. The quantitative estimate of drug-likeness (QED) is 0.684. The summed E-state index contributed by atoms with van der Waals surface area (Å²) in [6.07, 6.45) is 0.875. The zero-order chi connectivity index (χ0) is 16.7. The van der Waals surface area contributed by atoms with Gasteiger partial charge in [0.15, 0.2) is 5.69 Å². The summed E-state index contributed by atoms with van der Waals surface area (Å²) in [5.41, 5.74) is 4.25. The van der Waals surface area contributed by atoms with Crippen LogP contribution in [0.25, 0.3) is 10.2 Å². The predicted octanol–water partition coefficient (Wildman–Crippen LogP) is 3.04. The van der Waals surface area contributed by atoms with Gasteiger partial charge in [-0.2, -0.15) is 5.10 Å². The smallest absolute Gasteiger partial charge is 0.276 e. The minimum Gasteiger partial charge on any atom is -0.321 e. The van der Waals surface area contributed by atoms with E-state index in [0.29, 0.717) is 18.2 Å². The lowest BCUT2D eigenvalue weighted by Crippen LogP contribution is -2.25. The molecule has 4 rings (SSSR count). The standard InChI is InChI=1S/C17H19N5OS/c1-9(2)17-20-13-4-3-10(7-14(13)24-17)19-16(23)15-11-8-18-6-5-12(11)21-22-15/h3-4,7,9,18H,5-6,8H2,1-2H3,(H,19,23)(H,21,22). The minimum atomic E-state index is -0.177. The van der Waals surface area contributed by atoms with Gasteiger partial charge in [0.1, 0.15) is 0 Å². The van der Waals surface area contributed by atoms with Crippen LogP contribution in [0, 0.1) is 0 Å². The van der Waals surface area contributed by atoms with Crippen molar-refractivity contribution in [2.24, 2.45) is 0 Å². The van der Waals surface area contributed by atoms with Crippen LogP contribution in [0.15, 0.2) is 18.2 Å². The summed E-state index contributed by atoms with van der Waals surface area (Å²) in [7, 11) is 0. The van der Waals surface area contributed by atoms with Crippen molar-refractivity contribution in [2.75, 3.05) is 11.9 Å². The molecule has 0 unspecified atom stereocenters. The van der Waals surface area contributed by atoms with Crippen LogP contribution >= 0.6 is 11.3 Å². The van der Waals surface area contributed by atoms with Gasteiger partial charge in [0.2, 0.25) is 0 Å². The number of carbonyl (C=O) groups excluding carboxylic acids is 1. The van der Waals surface area contributed by atoms with Gasteiger partial charge in [-0.15, -0.1) is 11.3 Å². The second-order valence-electron chi connectivity index (χ2n) is 6.30. The highest BCUT2D eigenvalue weighted by Crippen LogP contribution is 2.29. The number of aromatic nitrogens is 3. The first kappa shape index (κ1) is 15.3. The lowest BCUT2D eigenvalue weighted by Gasteiger charge is -2.12. The molecule has 1 aromatic carbocycles. The molecule has 3 N–H and O–H groups in total.